The van der Waals surface area contributed by atoms with E-state index in [4.69, 9.17) is 10.5 Å². The highest BCUT2D eigenvalue weighted by molar-refractivity contribution is 7.93. The fourth-order valence-electron chi connectivity index (χ4n) is 7.83. The van der Waals surface area contributed by atoms with Crippen LogP contribution < -0.4 is 31.1 Å². The Balaban J connectivity index is 0.990. The number of aromatic amines is 1. The molecule has 0 radical (unpaired) electrons. The van der Waals surface area contributed by atoms with E-state index >= 15 is 0 Å². The highest BCUT2D eigenvalue weighted by Crippen LogP contribution is 2.37. The number of hydrogen-bond acceptors (Lipinski definition) is 13. The number of thiazole rings is 1. The fourth-order valence-corrected chi connectivity index (χ4v) is 9.21. The van der Waals surface area contributed by atoms with Gasteiger partial charge in [0.15, 0.2) is 11.6 Å². The Bertz CT molecular complexity index is 3010. The largest absolute Gasteiger partial charge is 0.484 e. The quantitative estimate of drug-likeness (QED) is 0.0493. The van der Waals surface area contributed by atoms with Crippen molar-refractivity contribution in [1.29, 1.82) is 0 Å². The van der Waals surface area contributed by atoms with E-state index in [1.807, 2.05) is 35.9 Å². The van der Waals surface area contributed by atoms with Gasteiger partial charge in [0, 0.05) is 50.3 Å². The van der Waals surface area contributed by atoms with Crippen molar-refractivity contribution in [3.63, 3.8) is 0 Å². The second-order valence-electron chi connectivity index (χ2n) is 17.9. The number of primary amides is 1. The summed E-state index contributed by atoms with van der Waals surface area (Å²) in [5.74, 6) is -6.77. The fraction of sp³-hybridized carbons (Fsp3) is 0.340. The third kappa shape index (κ3) is 12.4. The smallest absolute Gasteiger partial charge is 0.355 e. The number of carbonyl (C=O) groups is 4. The van der Waals surface area contributed by atoms with E-state index in [-0.39, 0.29) is 72.4 Å². The minimum atomic E-state index is -5.14. The average Bonchev–Trinajstić information content (AvgIpc) is 4.14. The number of H-pyrrole nitrogens is 1. The maximum Gasteiger partial charge on any atom is 0.355 e. The van der Waals surface area contributed by atoms with Crippen molar-refractivity contribution in [2.75, 3.05) is 16.6 Å². The lowest BCUT2D eigenvalue weighted by Gasteiger charge is -2.35. The summed E-state index contributed by atoms with van der Waals surface area (Å²) in [5.41, 5.74) is 9.76. The van der Waals surface area contributed by atoms with Crippen LogP contribution in [0.5, 0.6) is 5.75 Å². The molecule has 71 heavy (non-hydrogen) atoms. The van der Waals surface area contributed by atoms with Crippen LogP contribution in [0.3, 0.4) is 0 Å². The first-order valence-corrected chi connectivity index (χ1v) is 24.6. The van der Waals surface area contributed by atoms with E-state index in [2.05, 4.69) is 36.2 Å². The number of aromatic nitrogens is 5. The van der Waals surface area contributed by atoms with E-state index in [0.29, 0.717) is 5.56 Å². The predicted octanol–water partition coefficient (Wildman–Crippen LogP) is 5.99. The van der Waals surface area contributed by atoms with Crippen LogP contribution in [-0.4, -0.2) is 97.5 Å². The van der Waals surface area contributed by atoms with Gasteiger partial charge in [-0.05, 0) is 60.2 Å². The number of sulfonamides is 1. The number of β-amino-alcohol motifs (C(OH)–C–C–N with tert-alkyl or cyclic N) is 1. The molecule has 4 heterocycles. The zero-order valence-corrected chi connectivity index (χ0v) is 40.7. The Morgan fingerprint density at radius 1 is 1.03 bits per heavy atom. The normalized spacial score (nSPS) is 15.8. The molecule has 19 nitrogen and oxygen atoms in total. The van der Waals surface area contributed by atoms with E-state index in [9.17, 15) is 45.9 Å². The van der Waals surface area contributed by atoms with Crippen LogP contribution in [0, 0.1) is 18.2 Å². The van der Waals surface area contributed by atoms with Gasteiger partial charge in [0.2, 0.25) is 17.7 Å². The topological polar surface area (TPSA) is 269 Å². The number of halogens is 3. The van der Waals surface area contributed by atoms with Gasteiger partial charge < -0.3 is 36.4 Å². The van der Waals surface area contributed by atoms with Gasteiger partial charge in [0.1, 0.15) is 35.3 Å². The number of benzene rings is 3. The number of hydrogen-bond donors (Lipinski definition) is 7. The summed E-state index contributed by atoms with van der Waals surface area (Å²) < 4.78 is 73.9. The standard InChI is InChI=1S/C47H52F3N11O8S2/c1-25-40(70-24-53-25)29-8-6-27(7-9-29)22-52-44(65)34-21-32(62)23-61(34)45(66)41(47(3,4)5)55-37(63)17-19-60-18-16-36(58-60)54-43-38(42(51)64)39(56-57-43)30-12-15-33(59-71(67,68)46(49)50)35(20-30)69-26(2)28-10-13-31(48)14-11-28/h6-16,18,20,24,26,32,34,41,46,59,62H,17,19,21-23H2,1-5H3,(H2,51,64)(H,52,65)(H,55,63)(H2,54,56,57,58)/t26?,32-,34+,41?/m1/s1. The number of carbonyl (C=O) groups excluding carboxylic acids is 4. The first-order chi connectivity index (χ1) is 33.6. The zero-order chi connectivity index (χ0) is 51.4. The number of anilines is 3. The Morgan fingerprint density at radius 2 is 1.73 bits per heavy atom. The van der Waals surface area contributed by atoms with Gasteiger partial charge in [-0.3, -0.25) is 33.7 Å². The number of aryl methyl sites for hydroxylation is 2. The third-order valence-electron chi connectivity index (χ3n) is 11.6. The van der Waals surface area contributed by atoms with Gasteiger partial charge >= 0.3 is 5.76 Å². The van der Waals surface area contributed by atoms with Gasteiger partial charge in [-0.15, -0.1) is 11.3 Å². The van der Waals surface area contributed by atoms with Crippen molar-refractivity contribution in [1.82, 2.24) is 40.5 Å². The summed E-state index contributed by atoms with van der Waals surface area (Å²) in [5, 5.41) is 30.6. The van der Waals surface area contributed by atoms with Crippen LogP contribution in [0.2, 0.25) is 0 Å². The monoisotopic (exact) mass is 1020 g/mol. The molecule has 4 atom stereocenters. The Labute approximate surface area is 410 Å². The number of nitrogens with two attached hydrogens (primary N) is 1. The van der Waals surface area contributed by atoms with Crippen LogP contribution in [0.25, 0.3) is 21.7 Å². The molecule has 1 aliphatic rings. The second kappa shape index (κ2) is 21.4. The van der Waals surface area contributed by atoms with Crippen molar-refractivity contribution >= 4 is 62.3 Å². The third-order valence-corrected chi connectivity index (χ3v) is 13.5. The molecule has 3 aromatic carbocycles. The van der Waals surface area contributed by atoms with Crippen molar-refractivity contribution in [2.45, 2.75) is 90.6 Å². The van der Waals surface area contributed by atoms with Crippen LogP contribution in [-0.2, 0) is 37.5 Å². The Hall–Kier alpha value is -7.31. The molecule has 24 heteroatoms. The lowest BCUT2D eigenvalue weighted by atomic mass is 9.85. The van der Waals surface area contributed by atoms with E-state index in [0.717, 1.165) is 27.8 Å². The number of nitrogens with zero attached hydrogens (tertiary/aromatic N) is 5. The maximum absolute atomic E-state index is 14.2. The minimum Gasteiger partial charge on any atom is -0.484 e. The number of alkyl halides is 2. The first kappa shape index (κ1) is 51.5. The van der Waals surface area contributed by atoms with Crippen molar-refractivity contribution in [3.05, 3.63) is 113 Å². The van der Waals surface area contributed by atoms with Crippen LogP contribution in [0.4, 0.5) is 30.5 Å². The lowest BCUT2D eigenvalue weighted by Crippen LogP contribution is -2.57. The van der Waals surface area contributed by atoms with E-state index in [1.165, 1.54) is 63.4 Å². The van der Waals surface area contributed by atoms with Crippen molar-refractivity contribution in [3.8, 4) is 27.4 Å². The second-order valence-corrected chi connectivity index (χ2v) is 20.4. The van der Waals surface area contributed by atoms with Crippen molar-refractivity contribution in [2.24, 2.45) is 11.1 Å². The highest BCUT2D eigenvalue weighted by atomic mass is 32.2. The molecule has 6 aromatic rings. The Kier molecular flexibility index (Phi) is 15.5. The molecule has 0 saturated carbocycles. The molecule has 4 amide bonds. The summed E-state index contributed by atoms with van der Waals surface area (Å²) in [4.78, 5) is 60.7. The first-order valence-electron chi connectivity index (χ1n) is 22.2. The molecule has 0 aliphatic carbocycles. The molecule has 2 unspecified atom stereocenters. The average molecular weight is 1020 g/mol. The van der Waals surface area contributed by atoms with Crippen LogP contribution in [0.15, 0.2) is 84.5 Å². The molecule has 1 saturated heterocycles. The molecule has 3 aromatic heterocycles. The summed E-state index contributed by atoms with van der Waals surface area (Å²) >= 11 is 1.54. The Morgan fingerprint density at radius 3 is 2.38 bits per heavy atom. The van der Waals surface area contributed by atoms with Gasteiger partial charge in [-0.25, -0.2) is 17.8 Å². The molecular weight excluding hydrogens is 968 g/mol. The number of nitrogens with one attached hydrogen (secondary N) is 5. The molecule has 1 aliphatic heterocycles. The maximum atomic E-state index is 14.2. The number of rotatable bonds is 19. The number of amides is 4. The van der Waals surface area contributed by atoms with Gasteiger partial charge in [-0.1, -0.05) is 63.2 Å². The van der Waals surface area contributed by atoms with Crippen LogP contribution in [0.1, 0.15) is 73.8 Å². The number of likely N-dealkylation sites (tertiary alicyclic amines) is 1. The van der Waals surface area contributed by atoms with Gasteiger partial charge in [0.05, 0.1) is 33.6 Å². The van der Waals surface area contributed by atoms with E-state index < -0.39 is 74.9 Å². The number of ether oxygens (including phenoxy) is 1. The minimum absolute atomic E-state index is 0.0298. The SMILES string of the molecule is Cc1ncsc1-c1ccc(CNC(=O)[C@@H]2C[C@@H](O)CN2C(=O)C(NC(=O)CCn2ccc(Nc3n[nH]c(-c4ccc(NS(=O)(=O)C(F)F)c(OC(C)c5ccc(F)cc5)c4)c3C(N)=O)n2)C(C)(C)C)cc1. The van der Waals surface area contributed by atoms with E-state index in [1.54, 1.807) is 39.4 Å². The molecular formula is C47H52F3N11O8S2. The lowest BCUT2D eigenvalue weighted by molar-refractivity contribution is -0.144. The molecule has 376 valence electrons. The number of aliphatic hydroxyl groups is 1. The number of aliphatic hydroxyl groups excluding tert-OH is 1. The van der Waals surface area contributed by atoms with Crippen LogP contribution >= 0.6 is 11.3 Å². The van der Waals surface area contributed by atoms with Gasteiger partial charge in [-0.2, -0.15) is 19.0 Å². The summed E-state index contributed by atoms with van der Waals surface area (Å²) in [7, 11) is -5.14. The molecule has 8 N–H and O–H groups in total. The molecule has 7 rings (SSSR count). The molecule has 1 fully saturated rings. The molecule has 0 spiro atoms. The molecule has 0 bridgehead atoms. The summed E-state index contributed by atoms with van der Waals surface area (Å²) in [6.45, 7) is 9.00. The zero-order valence-electron chi connectivity index (χ0n) is 39.1. The summed E-state index contributed by atoms with van der Waals surface area (Å²) in [6, 6.07) is 16.2. The highest BCUT2D eigenvalue weighted by Gasteiger charge is 2.44. The van der Waals surface area contributed by atoms with Gasteiger partial charge in [0.25, 0.3) is 15.9 Å². The summed E-state index contributed by atoms with van der Waals surface area (Å²) in [6.07, 6.45) is -0.324. The predicted molar refractivity (Wildman–Crippen MR) is 258 cm³/mol. The van der Waals surface area contributed by atoms with Crippen molar-refractivity contribution < 1.29 is 50.6 Å².